The normalized spacial score (nSPS) is 10.7. The number of furan rings is 1. The van der Waals surface area contributed by atoms with Crippen LogP contribution in [0.4, 0.5) is 0 Å². The van der Waals surface area contributed by atoms with Gasteiger partial charge in [-0.05, 0) is 43.3 Å². The second-order valence-electron chi connectivity index (χ2n) is 6.21. The van der Waals surface area contributed by atoms with Crippen LogP contribution in [0.25, 0.3) is 16.9 Å². The lowest BCUT2D eigenvalue weighted by molar-refractivity contribution is 0.0948. The molecule has 6 heteroatoms. The molecule has 6 nitrogen and oxygen atoms in total. The minimum absolute atomic E-state index is 0.157. The number of nitrogens with zero attached hydrogens (tertiary/aromatic N) is 3. The van der Waals surface area contributed by atoms with Crippen LogP contribution in [-0.4, -0.2) is 20.9 Å². The van der Waals surface area contributed by atoms with Crippen LogP contribution >= 0.6 is 0 Å². The molecule has 2 aromatic heterocycles. The van der Waals surface area contributed by atoms with Crippen molar-refractivity contribution < 1.29 is 9.21 Å². The zero-order chi connectivity index (χ0) is 18.6. The number of carbonyl (C=O) groups excluding carboxylic acids is 1. The fourth-order valence-electron chi connectivity index (χ4n) is 2.78. The highest BCUT2D eigenvalue weighted by Crippen LogP contribution is 2.22. The largest absolute Gasteiger partial charge is 0.467 e. The van der Waals surface area contributed by atoms with Crippen LogP contribution in [0, 0.1) is 6.92 Å². The monoisotopic (exact) mass is 358 g/mol. The summed E-state index contributed by atoms with van der Waals surface area (Å²) >= 11 is 0. The van der Waals surface area contributed by atoms with E-state index in [-0.39, 0.29) is 5.91 Å². The molecule has 0 fully saturated rings. The molecule has 0 aliphatic carbocycles. The van der Waals surface area contributed by atoms with Gasteiger partial charge in [-0.3, -0.25) is 4.79 Å². The molecule has 27 heavy (non-hydrogen) atoms. The van der Waals surface area contributed by atoms with Crippen molar-refractivity contribution in [1.29, 1.82) is 0 Å². The molecule has 4 rings (SSSR count). The van der Waals surface area contributed by atoms with Gasteiger partial charge in [0.15, 0.2) is 0 Å². The van der Waals surface area contributed by atoms with Crippen molar-refractivity contribution in [3.05, 3.63) is 90.0 Å². The Morgan fingerprint density at radius 1 is 1.07 bits per heavy atom. The van der Waals surface area contributed by atoms with Gasteiger partial charge in [0.2, 0.25) is 0 Å². The first-order chi connectivity index (χ1) is 13.2. The Labute approximate surface area is 156 Å². The second-order valence-corrected chi connectivity index (χ2v) is 6.21. The number of aryl methyl sites for hydroxylation is 1. The van der Waals surface area contributed by atoms with E-state index in [9.17, 15) is 4.79 Å². The summed E-state index contributed by atoms with van der Waals surface area (Å²) < 4.78 is 6.98. The molecule has 0 radical (unpaired) electrons. The summed E-state index contributed by atoms with van der Waals surface area (Å²) in [6, 6.07) is 19.1. The van der Waals surface area contributed by atoms with Gasteiger partial charge in [0.25, 0.3) is 5.91 Å². The highest BCUT2D eigenvalue weighted by atomic mass is 16.3. The average molecular weight is 358 g/mol. The Morgan fingerprint density at radius 3 is 2.56 bits per heavy atom. The summed E-state index contributed by atoms with van der Waals surface area (Å²) in [5.74, 6) is 0.556. The third-order valence-corrected chi connectivity index (χ3v) is 4.27. The first-order valence-electron chi connectivity index (χ1n) is 8.59. The van der Waals surface area contributed by atoms with Crippen LogP contribution in [-0.2, 0) is 6.54 Å². The molecule has 1 amide bonds. The quantitative estimate of drug-likeness (QED) is 0.589. The third kappa shape index (κ3) is 3.64. The SMILES string of the molecule is Cc1ccc(-c2cnnn2-c2ccc(C(=O)NCc3ccco3)cc2)cc1. The van der Waals surface area contributed by atoms with Gasteiger partial charge in [-0.1, -0.05) is 35.0 Å². The average Bonchev–Trinajstić information content (AvgIpc) is 3.39. The van der Waals surface area contributed by atoms with Gasteiger partial charge < -0.3 is 9.73 Å². The number of rotatable bonds is 5. The van der Waals surface area contributed by atoms with Crippen LogP contribution < -0.4 is 5.32 Å². The molecule has 1 N–H and O–H groups in total. The lowest BCUT2D eigenvalue weighted by Gasteiger charge is -2.08. The summed E-state index contributed by atoms with van der Waals surface area (Å²) in [7, 11) is 0. The van der Waals surface area contributed by atoms with Gasteiger partial charge >= 0.3 is 0 Å². The lowest BCUT2D eigenvalue weighted by atomic mass is 10.1. The number of hydrogen-bond acceptors (Lipinski definition) is 4. The van der Waals surface area contributed by atoms with E-state index in [4.69, 9.17) is 4.42 Å². The van der Waals surface area contributed by atoms with Crippen molar-refractivity contribution in [2.75, 3.05) is 0 Å². The zero-order valence-electron chi connectivity index (χ0n) is 14.8. The minimum atomic E-state index is -0.157. The summed E-state index contributed by atoms with van der Waals surface area (Å²) in [5.41, 5.74) is 4.53. The first-order valence-corrected chi connectivity index (χ1v) is 8.59. The van der Waals surface area contributed by atoms with Crippen molar-refractivity contribution in [2.45, 2.75) is 13.5 Å². The number of benzene rings is 2. The fraction of sp³-hybridized carbons (Fsp3) is 0.0952. The third-order valence-electron chi connectivity index (χ3n) is 4.27. The highest BCUT2D eigenvalue weighted by Gasteiger charge is 2.11. The molecule has 0 aliphatic rings. The molecule has 0 unspecified atom stereocenters. The molecule has 2 aromatic carbocycles. The van der Waals surface area contributed by atoms with Gasteiger partial charge in [-0.2, -0.15) is 0 Å². The Hall–Kier alpha value is -3.67. The molecule has 0 atom stereocenters. The predicted molar refractivity (Wildman–Crippen MR) is 101 cm³/mol. The predicted octanol–water partition coefficient (Wildman–Crippen LogP) is 3.77. The molecule has 2 heterocycles. The zero-order valence-corrected chi connectivity index (χ0v) is 14.8. The lowest BCUT2D eigenvalue weighted by Crippen LogP contribution is -2.22. The Balaban J connectivity index is 1.52. The van der Waals surface area contributed by atoms with E-state index in [1.165, 1.54) is 5.56 Å². The molecule has 0 aliphatic heterocycles. The molecular formula is C21H18N4O2. The van der Waals surface area contributed by atoms with E-state index < -0.39 is 0 Å². The van der Waals surface area contributed by atoms with E-state index in [0.717, 1.165) is 16.9 Å². The van der Waals surface area contributed by atoms with E-state index in [1.807, 2.05) is 30.3 Å². The van der Waals surface area contributed by atoms with E-state index >= 15 is 0 Å². The Bertz CT molecular complexity index is 1030. The standard InChI is InChI=1S/C21H18N4O2/c1-15-4-6-16(7-5-15)20-14-23-24-25(20)18-10-8-17(9-11-18)21(26)22-13-19-3-2-12-27-19/h2-12,14H,13H2,1H3,(H,22,26). The Morgan fingerprint density at radius 2 is 1.85 bits per heavy atom. The second kappa shape index (κ2) is 7.29. The van der Waals surface area contributed by atoms with Crippen molar-refractivity contribution >= 4 is 5.91 Å². The summed E-state index contributed by atoms with van der Waals surface area (Å²) in [4.78, 5) is 12.3. The molecule has 0 bridgehead atoms. The first kappa shape index (κ1) is 16.8. The number of hydrogen-bond donors (Lipinski definition) is 1. The smallest absolute Gasteiger partial charge is 0.251 e. The summed E-state index contributed by atoms with van der Waals surface area (Å²) in [6.07, 6.45) is 3.31. The van der Waals surface area contributed by atoms with Gasteiger partial charge in [-0.25, -0.2) is 4.68 Å². The van der Waals surface area contributed by atoms with Crippen molar-refractivity contribution in [2.24, 2.45) is 0 Å². The van der Waals surface area contributed by atoms with Gasteiger partial charge in [0.05, 0.1) is 30.4 Å². The molecule has 0 saturated carbocycles. The van der Waals surface area contributed by atoms with Gasteiger partial charge in [-0.15, -0.1) is 5.10 Å². The van der Waals surface area contributed by atoms with Gasteiger partial charge in [0, 0.05) is 11.1 Å². The van der Waals surface area contributed by atoms with Crippen LogP contribution in [0.3, 0.4) is 0 Å². The maximum atomic E-state index is 12.3. The van der Waals surface area contributed by atoms with Crippen molar-refractivity contribution in [3.8, 4) is 16.9 Å². The molecule has 0 saturated heterocycles. The topological polar surface area (TPSA) is 73.0 Å². The van der Waals surface area contributed by atoms with Crippen molar-refractivity contribution in [3.63, 3.8) is 0 Å². The van der Waals surface area contributed by atoms with Crippen LogP contribution in [0.15, 0.2) is 77.5 Å². The van der Waals surface area contributed by atoms with Gasteiger partial charge in [0.1, 0.15) is 5.76 Å². The molecule has 4 aromatic rings. The van der Waals surface area contributed by atoms with Crippen LogP contribution in [0.2, 0.25) is 0 Å². The number of aromatic nitrogens is 3. The van der Waals surface area contributed by atoms with E-state index in [2.05, 4.69) is 34.7 Å². The summed E-state index contributed by atoms with van der Waals surface area (Å²) in [6.45, 7) is 2.41. The highest BCUT2D eigenvalue weighted by molar-refractivity contribution is 5.94. The molecule has 0 spiro atoms. The van der Waals surface area contributed by atoms with E-state index in [1.54, 1.807) is 35.3 Å². The number of carbonyl (C=O) groups is 1. The number of amides is 1. The van der Waals surface area contributed by atoms with Crippen LogP contribution in [0.1, 0.15) is 21.7 Å². The Kier molecular flexibility index (Phi) is 4.53. The van der Waals surface area contributed by atoms with Crippen molar-refractivity contribution in [1.82, 2.24) is 20.3 Å². The van der Waals surface area contributed by atoms with Crippen LogP contribution in [0.5, 0.6) is 0 Å². The maximum absolute atomic E-state index is 12.3. The van der Waals surface area contributed by atoms with E-state index in [0.29, 0.717) is 17.9 Å². The minimum Gasteiger partial charge on any atom is -0.467 e. The molecular weight excluding hydrogens is 340 g/mol. The summed E-state index contributed by atoms with van der Waals surface area (Å²) in [5, 5.41) is 11.1. The fourth-order valence-corrected chi connectivity index (χ4v) is 2.78. The molecule has 134 valence electrons. The maximum Gasteiger partial charge on any atom is 0.251 e. The number of nitrogens with one attached hydrogen (secondary N) is 1.